The summed E-state index contributed by atoms with van der Waals surface area (Å²) in [4.78, 5) is 10.7. The average Bonchev–Trinajstić information content (AvgIpc) is 2.14. The molecule has 0 radical (unpaired) electrons. The summed E-state index contributed by atoms with van der Waals surface area (Å²) in [5.41, 5.74) is 0.519. The van der Waals surface area contributed by atoms with Crippen LogP contribution in [0.4, 0.5) is 5.82 Å². The Hall–Kier alpha value is -0.910. The standard InChI is InChI=1S/C10H13ClN4.CH4O/c1-7-13-8(11)2-9(14-7)15-5-10(6-15)3-12-4-10;1-2/h2,12H,3-6H2,1H3;2H,1H3. The van der Waals surface area contributed by atoms with E-state index in [0.717, 1.165) is 44.9 Å². The van der Waals surface area contributed by atoms with Gasteiger partial charge in [-0.2, -0.15) is 0 Å². The van der Waals surface area contributed by atoms with Crippen molar-refractivity contribution in [1.29, 1.82) is 0 Å². The summed E-state index contributed by atoms with van der Waals surface area (Å²) >= 11 is 5.90. The van der Waals surface area contributed by atoms with Crippen molar-refractivity contribution in [3.63, 3.8) is 0 Å². The minimum Gasteiger partial charge on any atom is -0.400 e. The molecule has 0 unspecified atom stereocenters. The molecule has 1 spiro atoms. The van der Waals surface area contributed by atoms with Crippen molar-refractivity contribution < 1.29 is 5.11 Å². The maximum Gasteiger partial charge on any atom is 0.134 e. The first-order chi connectivity index (χ1) is 8.17. The largest absolute Gasteiger partial charge is 0.400 e. The van der Waals surface area contributed by atoms with Crippen molar-refractivity contribution in [3.05, 3.63) is 17.0 Å². The number of nitrogens with one attached hydrogen (secondary N) is 1. The van der Waals surface area contributed by atoms with Crippen LogP contribution in [0.25, 0.3) is 0 Å². The van der Waals surface area contributed by atoms with Crippen LogP contribution in [0.1, 0.15) is 5.82 Å². The van der Waals surface area contributed by atoms with E-state index in [-0.39, 0.29) is 0 Å². The van der Waals surface area contributed by atoms with Crippen molar-refractivity contribution in [1.82, 2.24) is 15.3 Å². The highest BCUT2D eigenvalue weighted by molar-refractivity contribution is 6.29. The second kappa shape index (κ2) is 4.76. The minimum absolute atomic E-state index is 0.519. The smallest absolute Gasteiger partial charge is 0.134 e. The fourth-order valence-electron chi connectivity index (χ4n) is 2.31. The third-order valence-electron chi connectivity index (χ3n) is 3.17. The molecular weight excluding hydrogens is 240 g/mol. The van der Waals surface area contributed by atoms with Crippen molar-refractivity contribution in [2.24, 2.45) is 5.41 Å². The van der Waals surface area contributed by atoms with Crippen molar-refractivity contribution in [2.45, 2.75) is 6.92 Å². The number of halogens is 1. The van der Waals surface area contributed by atoms with Crippen molar-refractivity contribution >= 4 is 17.4 Å². The van der Waals surface area contributed by atoms with Gasteiger partial charge in [-0.3, -0.25) is 0 Å². The summed E-state index contributed by atoms with van der Waals surface area (Å²) in [5, 5.41) is 10.8. The quantitative estimate of drug-likeness (QED) is 0.715. The normalized spacial score (nSPS) is 20.1. The Bertz CT molecular complexity index is 380. The molecule has 0 bridgehead atoms. The molecule has 2 aliphatic rings. The van der Waals surface area contributed by atoms with Crippen LogP contribution in [0.5, 0.6) is 0 Å². The lowest BCUT2D eigenvalue weighted by molar-refractivity contribution is 0.120. The van der Waals surface area contributed by atoms with E-state index in [2.05, 4.69) is 20.2 Å². The molecule has 5 nitrogen and oxygen atoms in total. The monoisotopic (exact) mass is 256 g/mol. The molecule has 1 aromatic rings. The van der Waals surface area contributed by atoms with E-state index in [1.807, 2.05) is 13.0 Å². The molecular formula is C11H17ClN4O. The number of hydrogen-bond donors (Lipinski definition) is 2. The predicted molar refractivity (Wildman–Crippen MR) is 67.4 cm³/mol. The van der Waals surface area contributed by atoms with Crippen molar-refractivity contribution in [2.75, 3.05) is 38.2 Å². The van der Waals surface area contributed by atoms with Gasteiger partial charge in [-0.1, -0.05) is 11.6 Å². The first kappa shape index (κ1) is 12.5. The second-order valence-corrected chi connectivity index (χ2v) is 4.94. The Morgan fingerprint density at radius 3 is 2.47 bits per heavy atom. The molecule has 2 aliphatic heterocycles. The van der Waals surface area contributed by atoms with Crippen LogP contribution < -0.4 is 10.2 Å². The summed E-state index contributed by atoms with van der Waals surface area (Å²) in [6.45, 7) is 6.33. The van der Waals surface area contributed by atoms with Gasteiger partial charge in [0.25, 0.3) is 0 Å². The molecule has 0 aliphatic carbocycles. The summed E-state index contributed by atoms with van der Waals surface area (Å²) in [7, 11) is 1.00. The number of aliphatic hydroxyl groups excluding tert-OH is 1. The third kappa shape index (κ3) is 2.36. The van der Waals surface area contributed by atoms with Crippen LogP contribution in [0.2, 0.25) is 5.15 Å². The number of rotatable bonds is 1. The lowest BCUT2D eigenvalue weighted by Crippen LogP contribution is -2.71. The molecule has 0 saturated carbocycles. The number of aryl methyl sites for hydroxylation is 1. The lowest BCUT2D eigenvalue weighted by Gasteiger charge is -2.56. The molecule has 3 rings (SSSR count). The van der Waals surface area contributed by atoms with Gasteiger partial charge < -0.3 is 15.3 Å². The van der Waals surface area contributed by atoms with Crippen LogP contribution in [0.3, 0.4) is 0 Å². The SMILES string of the molecule is CO.Cc1nc(Cl)cc(N2CC3(CNC3)C2)n1. The van der Waals surface area contributed by atoms with Crippen LogP contribution in [-0.4, -0.2) is 48.4 Å². The summed E-state index contributed by atoms with van der Waals surface area (Å²) in [5.74, 6) is 1.70. The van der Waals surface area contributed by atoms with Crippen LogP contribution in [0.15, 0.2) is 6.07 Å². The van der Waals surface area contributed by atoms with Gasteiger partial charge in [0, 0.05) is 44.8 Å². The van der Waals surface area contributed by atoms with E-state index in [1.165, 1.54) is 0 Å². The molecule has 2 saturated heterocycles. The first-order valence-electron chi connectivity index (χ1n) is 5.59. The first-order valence-corrected chi connectivity index (χ1v) is 5.96. The topological polar surface area (TPSA) is 61.3 Å². The Balaban J connectivity index is 0.000000514. The van der Waals surface area contributed by atoms with E-state index in [9.17, 15) is 0 Å². The van der Waals surface area contributed by atoms with Crippen LogP contribution >= 0.6 is 11.6 Å². The van der Waals surface area contributed by atoms with E-state index >= 15 is 0 Å². The number of aliphatic hydroxyl groups is 1. The van der Waals surface area contributed by atoms with Gasteiger partial charge in [0.2, 0.25) is 0 Å². The third-order valence-corrected chi connectivity index (χ3v) is 3.36. The molecule has 1 aromatic heterocycles. The Kier molecular flexibility index (Phi) is 3.51. The Morgan fingerprint density at radius 2 is 2.00 bits per heavy atom. The average molecular weight is 257 g/mol. The van der Waals surface area contributed by atoms with E-state index in [1.54, 1.807) is 0 Å². The van der Waals surface area contributed by atoms with Gasteiger partial charge in [-0.05, 0) is 6.92 Å². The highest BCUT2D eigenvalue weighted by Crippen LogP contribution is 2.36. The van der Waals surface area contributed by atoms with Gasteiger partial charge in [0.1, 0.15) is 16.8 Å². The van der Waals surface area contributed by atoms with Crippen LogP contribution in [0, 0.1) is 12.3 Å². The van der Waals surface area contributed by atoms with Gasteiger partial charge in [0.05, 0.1) is 0 Å². The van der Waals surface area contributed by atoms with E-state index < -0.39 is 0 Å². The maximum absolute atomic E-state index is 7.00. The molecule has 2 fully saturated rings. The van der Waals surface area contributed by atoms with E-state index in [0.29, 0.717) is 10.6 Å². The zero-order chi connectivity index (χ0) is 12.5. The molecule has 6 heteroatoms. The number of anilines is 1. The Morgan fingerprint density at radius 1 is 1.35 bits per heavy atom. The van der Waals surface area contributed by atoms with E-state index in [4.69, 9.17) is 16.7 Å². The maximum atomic E-state index is 7.00. The molecule has 2 N–H and O–H groups in total. The van der Waals surface area contributed by atoms with Crippen LogP contribution in [-0.2, 0) is 0 Å². The van der Waals surface area contributed by atoms with Crippen molar-refractivity contribution in [3.8, 4) is 0 Å². The zero-order valence-electron chi connectivity index (χ0n) is 10.1. The molecule has 0 amide bonds. The summed E-state index contributed by atoms with van der Waals surface area (Å²) in [6.07, 6.45) is 0. The fraction of sp³-hybridized carbons (Fsp3) is 0.636. The molecule has 17 heavy (non-hydrogen) atoms. The molecule has 94 valence electrons. The second-order valence-electron chi connectivity index (χ2n) is 4.56. The lowest BCUT2D eigenvalue weighted by atomic mass is 9.74. The highest BCUT2D eigenvalue weighted by atomic mass is 35.5. The minimum atomic E-state index is 0.519. The van der Waals surface area contributed by atoms with Gasteiger partial charge in [-0.25, -0.2) is 9.97 Å². The summed E-state index contributed by atoms with van der Waals surface area (Å²) < 4.78 is 0. The van der Waals surface area contributed by atoms with Gasteiger partial charge in [-0.15, -0.1) is 0 Å². The number of hydrogen-bond acceptors (Lipinski definition) is 5. The molecule has 0 atom stereocenters. The highest BCUT2D eigenvalue weighted by Gasteiger charge is 2.47. The Labute approximate surface area is 106 Å². The molecule has 0 aromatic carbocycles. The zero-order valence-corrected chi connectivity index (χ0v) is 10.8. The fourth-order valence-corrected chi connectivity index (χ4v) is 2.53. The number of aromatic nitrogens is 2. The number of nitrogens with zero attached hydrogens (tertiary/aromatic N) is 3. The summed E-state index contributed by atoms with van der Waals surface area (Å²) in [6, 6.07) is 1.84. The predicted octanol–water partition coefficient (Wildman–Crippen LogP) is 0.457. The van der Waals surface area contributed by atoms with Gasteiger partial charge >= 0.3 is 0 Å². The molecule has 3 heterocycles. The van der Waals surface area contributed by atoms with Gasteiger partial charge in [0.15, 0.2) is 0 Å².